The largest absolute Gasteiger partial charge is 0.460 e. The zero-order chi connectivity index (χ0) is 19.2. The third-order valence-electron chi connectivity index (χ3n) is 2.47. The van der Waals surface area contributed by atoms with Gasteiger partial charge in [0.05, 0.1) is 5.02 Å². The molecule has 0 aliphatic rings. The van der Waals surface area contributed by atoms with E-state index in [1.165, 1.54) is 0 Å². The standard InChI is InChI=1S/C10H4ClF9O3S/c11-5-3-1-2-4-6(5)23-24(21,22)10(19,20)8(14,15)7(12,13)9(16,17)18/h1-4H. The average molecular weight is 411 g/mol. The van der Waals surface area contributed by atoms with Crippen molar-refractivity contribution < 1.29 is 52.1 Å². The molecule has 0 N–H and O–H groups in total. The first kappa shape index (κ1) is 20.7. The Morgan fingerprint density at radius 1 is 0.833 bits per heavy atom. The van der Waals surface area contributed by atoms with Crippen LogP contribution in [0.5, 0.6) is 5.75 Å². The van der Waals surface area contributed by atoms with E-state index in [0.717, 1.165) is 18.2 Å². The van der Waals surface area contributed by atoms with Gasteiger partial charge in [0.1, 0.15) is 0 Å². The molecule has 0 unspecified atom stereocenters. The van der Waals surface area contributed by atoms with Gasteiger partial charge in [0.15, 0.2) is 5.75 Å². The Morgan fingerprint density at radius 3 is 1.71 bits per heavy atom. The molecular formula is C10H4ClF9O3S. The first-order chi connectivity index (χ1) is 10.5. The van der Waals surface area contributed by atoms with Crippen molar-refractivity contribution in [1.29, 1.82) is 0 Å². The smallest absolute Gasteiger partial charge is 0.376 e. The summed E-state index contributed by atoms with van der Waals surface area (Å²) >= 11 is 5.31. The van der Waals surface area contributed by atoms with Crippen LogP contribution in [0.1, 0.15) is 0 Å². The molecule has 14 heteroatoms. The van der Waals surface area contributed by atoms with Gasteiger partial charge >= 0.3 is 33.4 Å². The number of halogens is 10. The van der Waals surface area contributed by atoms with Gasteiger partial charge in [-0.15, -0.1) is 0 Å². The van der Waals surface area contributed by atoms with Crippen molar-refractivity contribution in [3.63, 3.8) is 0 Å². The fourth-order valence-corrected chi connectivity index (χ4v) is 2.35. The third-order valence-corrected chi connectivity index (χ3v) is 4.06. The van der Waals surface area contributed by atoms with Crippen LogP contribution >= 0.6 is 11.6 Å². The second-order valence-corrected chi connectivity index (χ2v) is 6.13. The fourth-order valence-electron chi connectivity index (χ4n) is 1.20. The number of hydrogen-bond donors (Lipinski definition) is 0. The van der Waals surface area contributed by atoms with Crippen molar-refractivity contribution in [2.75, 3.05) is 0 Å². The summed E-state index contributed by atoms with van der Waals surface area (Å²) in [6.45, 7) is 0. The molecule has 3 nitrogen and oxygen atoms in total. The number of hydrogen-bond acceptors (Lipinski definition) is 3. The molecule has 0 aliphatic carbocycles. The van der Waals surface area contributed by atoms with Crippen LogP contribution < -0.4 is 4.18 Å². The maximum Gasteiger partial charge on any atom is 0.460 e. The van der Waals surface area contributed by atoms with Crippen molar-refractivity contribution >= 4 is 21.7 Å². The molecule has 0 aliphatic heterocycles. The lowest BCUT2D eigenvalue weighted by atomic mass is 10.1. The molecule has 0 bridgehead atoms. The highest BCUT2D eigenvalue weighted by molar-refractivity contribution is 7.88. The van der Waals surface area contributed by atoms with Crippen molar-refractivity contribution in [1.82, 2.24) is 0 Å². The van der Waals surface area contributed by atoms with E-state index in [1.807, 2.05) is 0 Å². The maximum absolute atomic E-state index is 13.3. The van der Waals surface area contributed by atoms with E-state index >= 15 is 0 Å². The van der Waals surface area contributed by atoms with Crippen LogP contribution in [-0.4, -0.2) is 31.7 Å². The van der Waals surface area contributed by atoms with Crippen LogP contribution in [0.2, 0.25) is 5.02 Å². The van der Waals surface area contributed by atoms with Gasteiger partial charge in [-0.25, -0.2) is 0 Å². The van der Waals surface area contributed by atoms with Gasteiger partial charge in [-0.1, -0.05) is 23.7 Å². The number of para-hydroxylation sites is 1. The van der Waals surface area contributed by atoms with E-state index in [-0.39, 0.29) is 0 Å². The van der Waals surface area contributed by atoms with Crippen molar-refractivity contribution in [2.45, 2.75) is 23.3 Å². The van der Waals surface area contributed by atoms with Crippen LogP contribution in [0.25, 0.3) is 0 Å². The molecule has 0 amide bonds. The zero-order valence-corrected chi connectivity index (χ0v) is 12.3. The maximum atomic E-state index is 13.3. The second-order valence-electron chi connectivity index (χ2n) is 4.13. The summed E-state index contributed by atoms with van der Waals surface area (Å²) in [4.78, 5) is 0. The molecule has 1 rings (SSSR count). The molecule has 0 saturated carbocycles. The molecular weight excluding hydrogens is 407 g/mol. The van der Waals surface area contributed by atoms with E-state index in [1.54, 1.807) is 0 Å². The molecule has 0 heterocycles. The van der Waals surface area contributed by atoms with E-state index < -0.39 is 44.2 Å². The van der Waals surface area contributed by atoms with Crippen LogP contribution in [0.15, 0.2) is 24.3 Å². The molecule has 138 valence electrons. The molecule has 0 aromatic heterocycles. The van der Waals surface area contributed by atoms with E-state index in [2.05, 4.69) is 4.18 Å². The SMILES string of the molecule is O=S(=O)(Oc1ccccc1Cl)C(F)(F)C(F)(F)C(F)(F)C(F)(F)F. The summed E-state index contributed by atoms with van der Waals surface area (Å²) in [5.41, 5.74) is 0. The van der Waals surface area contributed by atoms with Gasteiger partial charge in [-0.3, -0.25) is 0 Å². The predicted molar refractivity (Wildman–Crippen MR) is 61.9 cm³/mol. The quantitative estimate of drug-likeness (QED) is 0.531. The zero-order valence-electron chi connectivity index (χ0n) is 10.7. The van der Waals surface area contributed by atoms with Gasteiger partial charge in [0.2, 0.25) is 0 Å². The number of benzene rings is 1. The predicted octanol–water partition coefficient (Wildman–Crippen LogP) is 4.47. The van der Waals surface area contributed by atoms with Crippen LogP contribution in [-0.2, 0) is 10.1 Å². The molecule has 0 saturated heterocycles. The highest BCUT2D eigenvalue weighted by Crippen LogP contribution is 2.55. The summed E-state index contributed by atoms with van der Waals surface area (Å²) in [5, 5.41) is -7.64. The molecule has 0 fully saturated rings. The molecule has 0 atom stereocenters. The van der Waals surface area contributed by atoms with Gasteiger partial charge < -0.3 is 4.18 Å². The van der Waals surface area contributed by atoms with Crippen molar-refractivity contribution in [3.8, 4) is 5.75 Å². The summed E-state index contributed by atoms with van der Waals surface area (Å²) in [5.74, 6) is -15.9. The van der Waals surface area contributed by atoms with Gasteiger partial charge in [-0.2, -0.15) is 47.9 Å². The highest BCUT2D eigenvalue weighted by Gasteiger charge is 2.86. The Balaban J connectivity index is 3.38. The van der Waals surface area contributed by atoms with Crippen LogP contribution in [0, 0.1) is 0 Å². The monoisotopic (exact) mass is 410 g/mol. The minimum atomic E-state index is -7.36. The number of alkyl halides is 9. The average Bonchev–Trinajstić information content (AvgIpc) is 2.39. The lowest BCUT2D eigenvalue weighted by Gasteiger charge is -2.32. The molecule has 0 spiro atoms. The van der Waals surface area contributed by atoms with Crippen LogP contribution in [0.3, 0.4) is 0 Å². The summed E-state index contributed by atoms with van der Waals surface area (Å²) in [6, 6.07) is 3.51. The Morgan fingerprint density at radius 2 is 1.29 bits per heavy atom. The summed E-state index contributed by atoms with van der Waals surface area (Å²) in [6.07, 6.45) is -7.15. The Kier molecular flexibility index (Phi) is 5.05. The van der Waals surface area contributed by atoms with E-state index in [9.17, 15) is 47.9 Å². The Bertz CT molecular complexity index is 715. The molecule has 1 aromatic carbocycles. The van der Waals surface area contributed by atoms with E-state index in [4.69, 9.17) is 11.6 Å². The first-order valence-corrected chi connectivity index (χ1v) is 7.16. The van der Waals surface area contributed by atoms with Crippen molar-refractivity contribution in [2.24, 2.45) is 0 Å². The highest BCUT2D eigenvalue weighted by atomic mass is 35.5. The minimum Gasteiger partial charge on any atom is -0.376 e. The second kappa shape index (κ2) is 5.86. The summed E-state index contributed by atoms with van der Waals surface area (Å²) < 4.78 is 140. The topological polar surface area (TPSA) is 43.4 Å². The first-order valence-electron chi connectivity index (χ1n) is 5.38. The van der Waals surface area contributed by atoms with Crippen LogP contribution in [0.4, 0.5) is 39.5 Å². The van der Waals surface area contributed by atoms with Gasteiger partial charge in [0.25, 0.3) is 0 Å². The van der Waals surface area contributed by atoms with Crippen molar-refractivity contribution in [3.05, 3.63) is 29.3 Å². The fraction of sp³-hybridized carbons (Fsp3) is 0.400. The number of rotatable bonds is 5. The molecule has 24 heavy (non-hydrogen) atoms. The minimum absolute atomic E-state index is 0.579. The van der Waals surface area contributed by atoms with E-state index in [0.29, 0.717) is 6.07 Å². The Hall–Kier alpha value is -1.37. The molecule has 0 radical (unpaired) electrons. The van der Waals surface area contributed by atoms with Gasteiger partial charge in [0, 0.05) is 0 Å². The lowest BCUT2D eigenvalue weighted by Crippen LogP contribution is -2.63. The van der Waals surface area contributed by atoms with Gasteiger partial charge in [-0.05, 0) is 12.1 Å². The summed E-state index contributed by atoms with van der Waals surface area (Å²) in [7, 11) is -6.98. The molecule has 1 aromatic rings. The lowest BCUT2D eigenvalue weighted by molar-refractivity contribution is -0.382. The third kappa shape index (κ3) is 3.10. The normalized spacial score (nSPS) is 14.6. The Labute approximate surface area is 133 Å².